The second-order valence-electron chi connectivity index (χ2n) is 4.73. The van der Waals surface area contributed by atoms with Crippen LogP contribution < -0.4 is 5.73 Å². The number of nitro groups is 1. The number of hydrogen-bond acceptors (Lipinski definition) is 4. The van der Waals surface area contributed by atoms with Crippen molar-refractivity contribution in [1.82, 2.24) is 4.90 Å². The second-order valence-corrected chi connectivity index (χ2v) is 4.73. The highest BCUT2D eigenvalue weighted by atomic mass is 16.6. The van der Waals surface area contributed by atoms with E-state index in [1.165, 1.54) is 12.1 Å². The first-order valence-corrected chi connectivity index (χ1v) is 6.40. The largest absolute Gasteiger partial charge is 0.393 e. The number of hydrogen-bond donors (Lipinski definition) is 1. The minimum atomic E-state index is -0.584. The normalized spacial score (nSPS) is 14.2. The molecule has 2 N–H and O–H groups in total. The van der Waals surface area contributed by atoms with Crippen molar-refractivity contribution in [3.8, 4) is 0 Å². The molecule has 2 rings (SSSR count). The van der Waals surface area contributed by atoms with Crippen LogP contribution in [0, 0.1) is 10.1 Å². The van der Waals surface area contributed by atoms with Gasteiger partial charge >= 0.3 is 5.69 Å². The van der Waals surface area contributed by atoms with Crippen LogP contribution in [-0.4, -0.2) is 28.3 Å². The molecule has 6 nitrogen and oxygen atoms in total. The molecule has 0 spiro atoms. The molecule has 0 heterocycles. The van der Waals surface area contributed by atoms with Crippen molar-refractivity contribution >= 4 is 17.3 Å². The summed E-state index contributed by atoms with van der Waals surface area (Å²) in [5.74, 6) is -0.289. The van der Waals surface area contributed by atoms with Crippen molar-refractivity contribution in [2.45, 2.75) is 32.2 Å². The Hall–Kier alpha value is -2.11. The number of nitrogens with two attached hydrogens (primary N) is 1. The van der Waals surface area contributed by atoms with Gasteiger partial charge in [-0.3, -0.25) is 14.9 Å². The molecule has 0 radical (unpaired) electrons. The minimum absolute atomic E-state index is 0.0306. The van der Waals surface area contributed by atoms with E-state index in [1.807, 2.05) is 6.92 Å². The molecule has 6 heteroatoms. The van der Waals surface area contributed by atoms with E-state index in [2.05, 4.69) is 0 Å². The fraction of sp³-hybridized carbons (Fsp3) is 0.462. The predicted molar refractivity (Wildman–Crippen MR) is 71.9 cm³/mol. The van der Waals surface area contributed by atoms with Gasteiger partial charge in [-0.1, -0.05) is 13.0 Å². The summed E-state index contributed by atoms with van der Waals surface area (Å²) >= 11 is 0. The lowest BCUT2D eigenvalue weighted by atomic mass is 10.1. The Balaban J connectivity index is 2.37. The maximum atomic E-state index is 12.5. The molecule has 1 aliphatic carbocycles. The molecule has 102 valence electrons. The lowest BCUT2D eigenvalue weighted by Gasteiger charge is -2.21. The standard InChI is InChI=1S/C13H17N3O3/c1-2-8-15(9-6-7-9)13(17)10-4-3-5-11(14)12(10)16(18)19/h3-5,9H,2,6-8,14H2,1H3. The molecular formula is C13H17N3O3. The Morgan fingerprint density at radius 2 is 2.21 bits per heavy atom. The number of carbonyl (C=O) groups excluding carboxylic acids is 1. The van der Waals surface area contributed by atoms with E-state index in [1.54, 1.807) is 11.0 Å². The van der Waals surface area contributed by atoms with Crippen molar-refractivity contribution < 1.29 is 9.72 Å². The monoisotopic (exact) mass is 263 g/mol. The average Bonchev–Trinajstić information content (AvgIpc) is 3.18. The van der Waals surface area contributed by atoms with Gasteiger partial charge in [-0.2, -0.15) is 0 Å². The summed E-state index contributed by atoms with van der Waals surface area (Å²) in [6.07, 6.45) is 2.78. The zero-order chi connectivity index (χ0) is 14.0. The maximum absolute atomic E-state index is 12.5. The quantitative estimate of drug-likeness (QED) is 0.501. The summed E-state index contributed by atoms with van der Waals surface area (Å²) < 4.78 is 0. The molecule has 1 amide bonds. The first kappa shape index (κ1) is 13.3. The molecule has 0 saturated heterocycles. The average molecular weight is 263 g/mol. The van der Waals surface area contributed by atoms with E-state index >= 15 is 0 Å². The summed E-state index contributed by atoms with van der Waals surface area (Å²) in [5, 5.41) is 11.1. The molecule has 0 aromatic heterocycles. The van der Waals surface area contributed by atoms with E-state index in [9.17, 15) is 14.9 Å². The lowest BCUT2D eigenvalue weighted by molar-refractivity contribution is -0.384. The van der Waals surface area contributed by atoms with E-state index < -0.39 is 4.92 Å². The van der Waals surface area contributed by atoms with Gasteiger partial charge in [-0.05, 0) is 31.4 Å². The Bertz CT molecular complexity index is 512. The Kier molecular flexibility index (Phi) is 3.69. The molecule has 0 bridgehead atoms. The van der Waals surface area contributed by atoms with Crippen LogP contribution in [0.1, 0.15) is 36.5 Å². The maximum Gasteiger partial charge on any atom is 0.304 e. The molecule has 0 unspecified atom stereocenters. The van der Waals surface area contributed by atoms with Crippen molar-refractivity contribution in [2.24, 2.45) is 0 Å². The SMILES string of the molecule is CCCN(C(=O)c1cccc(N)c1[N+](=O)[O-])C1CC1. The van der Waals surface area contributed by atoms with Gasteiger partial charge in [0.05, 0.1) is 4.92 Å². The molecule has 19 heavy (non-hydrogen) atoms. The smallest absolute Gasteiger partial charge is 0.304 e. The van der Waals surface area contributed by atoms with Crippen LogP contribution in [-0.2, 0) is 0 Å². The number of benzene rings is 1. The minimum Gasteiger partial charge on any atom is -0.393 e. The zero-order valence-electron chi connectivity index (χ0n) is 10.8. The number of nitrogen functional groups attached to an aromatic ring is 1. The van der Waals surface area contributed by atoms with E-state index in [4.69, 9.17) is 5.73 Å². The summed E-state index contributed by atoms with van der Waals surface area (Å²) in [6.45, 7) is 2.60. The Morgan fingerprint density at radius 3 is 2.74 bits per heavy atom. The highest BCUT2D eigenvalue weighted by Crippen LogP contribution is 2.32. The van der Waals surface area contributed by atoms with E-state index in [0.717, 1.165) is 19.3 Å². The second kappa shape index (κ2) is 5.26. The van der Waals surface area contributed by atoms with Crippen LogP contribution in [0.4, 0.5) is 11.4 Å². The lowest BCUT2D eigenvalue weighted by Crippen LogP contribution is -2.34. The topological polar surface area (TPSA) is 89.5 Å². The first-order valence-electron chi connectivity index (χ1n) is 6.40. The summed E-state index contributed by atoms with van der Waals surface area (Å²) in [5.41, 5.74) is 5.45. The molecule has 1 aromatic carbocycles. The van der Waals surface area contributed by atoms with Gasteiger partial charge in [0, 0.05) is 12.6 Å². The Labute approximate surface area is 111 Å². The summed E-state index contributed by atoms with van der Waals surface area (Å²) in [7, 11) is 0. The van der Waals surface area contributed by atoms with Gasteiger partial charge in [-0.15, -0.1) is 0 Å². The number of carbonyl (C=O) groups is 1. The molecule has 1 saturated carbocycles. The van der Waals surface area contributed by atoms with Crippen molar-refractivity contribution in [2.75, 3.05) is 12.3 Å². The molecular weight excluding hydrogens is 246 g/mol. The molecule has 1 fully saturated rings. The van der Waals surface area contributed by atoms with Gasteiger partial charge in [-0.25, -0.2) is 0 Å². The third-order valence-electron chi connectivity index (χ3n) is 3.19. The van der Waals surface area contributed by atoms with E-state index in [-0.39, 0.29) is 28.9 Å². The fourth-order valence-corrected chi connectivity index (χ4v) is 2.17. The first-order chi connectivity index (χ1) is 9.06. The number of anilines is 1. The Morgan fingerprint density at radius 1 is 1.53 bits per heavy atom. The van der Waals surface area contributed by atoms with Gasteiger partial charge in [0.1, 0.15) is 11.3 Å². The van der Waals surface area contributed by atoms with Gasteiger partial charge in [0.2, 0.25) is 0 Å². The highest BCUT2D eigenvalue weighted by Gasteiger charge is 2.35. The molecule has 1 aromatic rings. The fourth-order valence-electron chi connectivity index (χ4n) is 2.17. The van der Waals surface area contributed by atoms with Gasteiger partial charge < -0.3 is 10.6 Å². The van der Waals surface area contributed by atoms with Crippen molar-refractivity contribution in [3.05, 3.63) is 33.9 Å². The number of amides is 1. The van der Waals surface area contributed by atoms with Crippen LogP contribution in [0.2, 0.25) is 0 Å². The number of nitrogens with zero attached hydrogens (tertiary/aromatic N) is 2. The van der Waals surface area contributed by atoms with Crippen LogP contribution >= 0.6 is 0 Å². The third-order valence-corrected chi connectivity index (χ3v) is 3.19. The number of rotatable bonds is 5. The van der Waals surface area contributed by atoms with Gasteiger partial charge in [0.15, 0.2) is 0 Å². The summed E-state index contributed by atoms with van der Waals surface area (Å²) in [6, 6.07) is 4.72. The van der Waals surface area contributed by atoms with E-state index in [0.29, 0.717) is 6.54 Å². The highest BCUT2D eigenvalue weighted by molar-refractivity contribution is 6.00. The molecule has 0 aliphatic heterocycles. The molecule has 1 aliphatic rings. The predicted octanol–water partition coefficient (Wildman–Crippen LogP) is 2.19. The van der Waals surface area contributed by atoms with Crippen LogP contribution in [0.25, 0.3) is 0 Å². The molecule has 0 atom stereocenters. The van der Waals surface area contributed by atoms with Crippen molar-refractivity contribution in [1.29, 1.82) is 0 Å². The zero-order valence-corrected chi connectivity index (χ0v) is 10.8. The third kappa shape index (κ3) is 2.67. The van der Waals surface area contributed by atoms with Crippen LogP contribution in [0.5, 0.6) is 0 Å². The van der Waals surface area contributed by atoms with Crippen molar-refractivity contribution in [3.63, 3.8) is 0 Å². The van der Waals surface area contributed by atoms with Crippen LogP contribution in [0.15, 0.2) is 18.2 Å². The number of nitro benzene ring substituents is 1. The summed E-state index contributed by atoms with van der Waals surface area (Å²) in [4.78, 5) is 24.7. The van der Waals surface area contributed by atoms with Gasteiger partial charge in [0.25, 0.3) is 5.91 Å². The number of para-hydroxylation sites is 1. The van der Waals surface area contributed by atoms with Crippen LogP contribution in [0.3, 0.4) is 0 Å².